The molecule has 37 heavy (non-hydrogen) atoms. The minimum atomic E-state index is -0.459. The van der Waals surface area contributed by atoms with E-state index in [4.69, 9.17) is 4.74 Å². The van der Waals surface area contributed by atoms with Crippen LogP contribution < -0.4 is 10.1 Å². The van der Waals surface area contributed by atoms with Crippen LogP contribution in [0.2, 0.25) is 0 Å². The molecule has 2 aliphatic rings. The monoisotopic (exact) mass is 498 g/mol. The van der Waals surface area contributed by atoms with Gasteiger partial charge in [-0.1, -0.05) is 35.0 Å². The molecule has 0 saturated heterocycles. The summed E-state index contributed by atoms with van der Waals surface area (Å²) in [5.41, 5.74) is 5.22. The van der Waals surface area contributed by atoms with Crippen LogP contribution >= 0.6 is 0 Å². The van der Waals surface area contributed by atoms with Gasteiger partial charge in [-0.3, -0.25) is 4.79 Å². The van der Waals surface area contributed by atoms with E-state index < -0.39 is 5.91 Å². The van der Waals surface area contributed by atoms with Crippen molar-refractivity contribution < 1.29 is 19.7 Å². The van der Waals surface area contributed by atoms with Crippen LogP contribution in [0.25, 0.3) is 16.7 Å². The Balaban J connectivity index is 1.29. The molecule has 3 aromatic carbocycles. The zero-order chi connectivity index (χ0) is 25.7. The van der Waals surface area contributed by atoms with Gasteiger partial charge in [0.05, 0.1) is 12.1 Å². The van der Waals surface area contributed by atoms with Crippen LogP contribution in [-0.4, -0.2) is 44.3 Å². The highest BCUT2D eigenvalue weighted by molar-refractivity contribution is 6.03. The number of ether oxygens (including phenoxy) is 1. The van der Waals surface area contributed by atoms with Gasteiger partial charge in [-0.05, 0) is 75.1 Å². The largest absolute Gasteiger partial charge is 0.507 e. The number of benzene rings is 3. The van der Waals surface area contributed by atoms with E-state index in [0.717, 1.165) is 36.1 Å². The molecule has 0 radical (unpaired) electrons. The lowest BCUT2D eigenvalue weighted by Crippen LogP contribution is -2.27. The predicted octanol–water partition coefficient (Wildman–Crippen LogP) is 5.01. The van der Waals surface area contributed by atoms with Crippen molar-refractivity contribution in [3.63, 3.8) is 0 Å². The first-order valence-electron chi connectivity index (χ1n) is 12.8. The maximum absolute atomic E-state index is 13.5. The summed E-state index contributed by atoms with van der Waals surface area (Å²) in [6, 6.07) is 13.4. The molecule has 8 heteroatoms. The Labute approximate surface area is 214 Å². The van der Waals surface area contributed by atoms with Crippen LogP contribution in [0.3, 0.4) is 0 Å². The van der Waals surface area contributed by atoms with Crippen molar-refractivity contribution >= 4 is 16.9 Å². The van der Waals surface area contributed by atoms with E-state index in [1.165, 1.54) is 10.2 Å². The third kappa shape index (κ3) is 3.87. The first-order chi connectivity index (χ1) is 17.9. The fourth-order valence-corrected chi connectivity index (χ4v) is 6.04. The summed E-state index contributed by atoms with van der Waals surface area (Å²) in [5.74, 6) is 0.662. The van der Waals surface area contributed by atoms with Gasteiger partial charge in [-0.25, -0.2) is 4.68 Å². The number of phenolic OH excluding ortho intramolecular Hbond substituents is 2. The number of aromatic nitrogens is 3. The lowest BCUT2D eigenvalue weighted by molar-refractivity contribution is 0.0948. The zero-order valence-corrected chi connectivity index (χ0v) is 21.0. The minimum Gasteiger partial charge on any atom is -0.507 e. The summed E-state index contributed by atoms with van der Waals surface area (Å²) in [6.07, 6.45) is 3.39. The van der Waals surface area contributed by atoms with Gasteiger partial charge < -0.3 is 20.3 Å². The van der Waals surface area contributed by atoms with Crippen LogP contribution in [0.4, 0.5) is 0 Å². The van der Waals surface area contributed by atoms with Gasteiger partial charge in [0.1, 0.15) is 34.0 Å². The van der Waals surface area contributed by atoms with Crippen molar-refractivity contribution in [2.24, 2.45) is 0 Å². The van der Waals surface area contributed by atoms with E-state index in [1.54, 1.807) is 0 Å². The first kappa shape index (κ1) is 23.3. The number of carbonyl (C=O) groups is 1. The quantitative estimate of drug-likeness (QED) is 0.244. The lowest BCUT2D eigenvalue weighted by atomic mass is 9.87. The average molecular weight is 499 g/mol. The Morgan fingerprint density at radius 1 is 1.08 bits per heavy atom. The van der Waals surface area contributed by atoms with E-state index in [0.29, 0.717) is 36.2 Å². The normalized spacial score (nSPS) is 17.8. The summed E-state index contributed by atoms with van der Waals surface area (Å²) in [5, 5.41) is 34.3. The molecule has 1 saturated carbocycles. The van der Waals surface area contributed by atoms with Crippen molar-refractivity contribution in [3.05, 3.63) is 70.3 Å². The molecule has 4 aromatic rings. The second-order valence-corrected chi connectivity index (χ2v) is 10.2. The number of hydrogen-bond acceptors (Lipinski definition) is 6. The number of hydrogen-bond donors (Lipinski definition) is 3. The van der Waals surface area contributed by atoms with Gasteiger partial charge in [0.15, 0.2) is 0 Å². The minimum absolute atomic E-state index is 0.0129. The van der Waals surface area contributed by atoms with Crippen LogP contribution in [0.15, 0.2) is 42.5 Å². The molecule has 2 atom stereocenters. The number of aryl methyl sites for hydroxylation is 2. The van der Waals surface area contributed by atoms with E-state index in [9.17, 15) is 15.0 Å². The third-order valence-electron chi connectivity index (χ3n) is 7.73. The number of nitrogens with zero attached hydrogens (tertiary/aromatic N) is 3. The van der Waals surface area contributed by atoms with Gasteiger partial charge in [-0.2, -0.15) is 0 Å². The smallest absolute Gasteiger partial charge is 0.257 e. The first-order valence-corrected chi connectivity index (χ1v) is 12.8. The topological polar surface area (TPSA) is 110 Å². The molecule has 0 aliphatic heterocycles. The molecular formula is C29H30N4O4. The van der Waals surface area contributed by atoms with E-state index in [2.05, 4.69) is 21.7 Å². The van der Waals surface area contributed by atoms with Crippen molar-refractivity contribution in [1.29, 1.82) is 0 Å². The third-order valence-corrected chi connectivity index (χ3v) is 7.73. The number of amides is 1. The second kappa shape index (κ2) is 9.10. The van der Waals surface area contributed by atoms with Crippen LogP contribution in [-0.2, 0) is 0 Å². The predicted molar refractivity (Wildman–Crippen MR) is 140 cm³/mol. The standard InChI is InChI=1S/C29H30N4O4/c1-16-8-11-22(17(2)14-16)37-13-5-12-30-29(36)25-26(33-21-7-4-3-6-20(21)31-32-33)28(35)24-19-10-9-18(15-19)23(24)27(25)34/h3-4,6-8,11,14,18-19,34-35H,5,9-10,12-13,15H2,1-2H3,(H,30,36). The second-order valence-electron chi connectivity index (χ2n) is 10.2. The molecule has 8 nitrogen and oxygen atoms in total. The SMILES string of the molecule is Cc1ccc(OCCCNC(=O)c2c(O)c3c(c(O)c2-n2nnc4ccccc42)C2CCC3C2)c(C)c1. The van der Waals surface area contributed by atoms with Crippen molar-refractivity contribution in [2.45, 2.75) is 51.4 Å². The van der Waals surface area contributed by atoms with Gasteiger partial charge in [0.25, 0.3) is 5.91 Å². The molecule has 2 aliphatic carbocycles. The number of fused-ring (bicyclic) bond motifs is 6. The number of phenols is 2. The number of aromatic hydroxyl groups is 2. The molecule has 2 bridgehead atoms. The molecule has 1 amide bonds. The van der Waals surface area contributed by atoms with Crippen LogP contribution in [0.5, 0.6) is 17.2 Å². The van der Waals surface area contributed by atoms with Crippen LogP contribution in [0.1, 0.15) is 70.1 Å². The Morgan fingerprint density at radius 2 is 1.84 bits per heavy atom. The highest BCUT2D eigenvalue weighted by Gasteiger charge is 2.44. The summed E-state index contributed by atoms with van der Waals surface area (Å²) in [7, 11) is 0. The highest BCUT2D eigenvalue weighted by Crippen LogP contribution is 2.60. The summed E-state index contributed by atoms with van der Waals surface area (Å²) >= 11 is 0. The van der Waals surface area contributed by atoms with Crippen LogP contribution in [0, 0.1) is 13.8 Å². The molecule has 6 rings (SSSR count). The van der Waals surface area contributed by atoms with E-state index in [1.807, 2.05) is 50.2 Å². The summed E-state index contributed by atoms with van der Waals surface area (Å²) in [4.78, 5) is 13.5. The van der Waals surface area contributed by atoms with Gasteiger partial charge in [0.2, 0.25) is 0 Å². The summed E-state index contributed by atoms with van der Waals surface area (Å²) in [6.45, 7) is 4.84. The van der Waals surface area contributed by atoms with Gasteiger partial charge in [0, 0.05) is 17.7 Å². The zero-order valence-electron chi connectivity index (χ0n) is 21.0. The molecule has 190 valence electrons. The van der Waals surface area contributed by atoms with E-state index in [-0.39, 0.29) is 34.6 Å². The Kier molecular flexibility index (Phi) is 5.74. The molecule has 0 spiro atoms. The van der Waals surface area contributed by atoms with Gasteiger partial charge in [-0.15, -0.1) is 5.10 Å². The maximum atomic E-state index is 13.5. The molecule has 2 unspecified atom stereocenters. The fourth-order valence-electron chi connectivity index (χ4n) is 6.04. The Hall–Kier alpha value is -4.07. The van der Waals surface area contributed by atoms with E-state index >= 15 is 0 Å². The van der Waals surface area contributed by atoms with Crippen molar-refractivity contribution in [2.75, 3.05) is 13.2 Å². The highest BCUT2D eigenvalue weighted by atomic mass is 16.5. The number of rotatable bonds is 7. The number of carbonyl (C=O) groups excluding carboxylic acids is 1. The Morgan fingerprint density at radius 3 is 2.62 bits per heavy atom. The van der Waals surface area contributed by atoms with Crippen molar-refractivity contribution in [3.8, 4) is 22.9 Å². The number of para-hydroxylation sites is 1. The summed E-state index contributed by atoms with van der Waals surface area (Å²) < 4.78 is 7.35. The van der Waals surface area contributed by atoms with Gasteiger partial charge >= 0.3 is 0 Å². The Bertz CT molecular complexity index is 1530. The molecular weight excluding hydrogens is 468 g/mol. The van der Waals surface area contributed by atoms with Crippen molar-refractivity contribution in [1.82, 2.24) is 20.3 Å². The number of nitrogens with one attached hydrogen (secondary N) is 1. The lowest BCUT2D eigenvalue weighted by Gasteiger charge is -2.23. The maximum Gasteiger partial charge on any atom is 0.257 e. The molecule has 1 fully saturated rings. The molecule has 3 N–H and O–H groups in total. The molecule has 1 heterocycles. The fraction of sp³-hybridized carbons (Fsp3) is 0.345. The average Bonchev–Trinajstić information content (AvgIpc) is 3.62. The molecule has 1 aromatic heterocycles.